The van der Waals surface area contributed by atoms with E-state index in [0.29, 0.717) is 5.92 Å². The largest absolute Gasteiger partial charge is 0.392 e. The molecule has 20 heavy (non-hydrogen) atoms. The van der Waals surface area contributed by atoms with Crippen LogP contribution in [0.1, 0.15) is 31.7 Å². The van der Waals surface area contributed by atoms with Crippen molar-refractivity contribution in [3.63, 3.8) is 0 Å². The van der Waals surface area contributed by atoms with Crippen LogP contribution in [0.5, 0.6) is 0 Å². The molecule has 0 aliphatic heterocycles. The number of nitrogens with one attached hydrogen (secondary N) is 1. The summed E-state index contributed by atoms with van der Waals surface area (Å²) in [5.41, 5.74) is 0.233. The average molecular weight is 338 g/mol. The normalized spacial score (nSPS) is 22.0. The smallest absolute Gasteiger partial charge is 0.242 e. The minimum absolute atomic E-state index is 0.00993. The van der Waals surface area contributed by atoms with Crippen LogP contribution < -0.4 is 4.72 Å². The third kappa shape index (κ3) is 3.28. The van der Waals surface area contributed by atoms with Crippen molar-refractivity contribution in [1.29, 1.82) is 0 Å². The van der Waals surface area contributed by atoms with E-state index >= 15 is 0 Å². The number of halogens is 2. The molecule has 1 aromatic rings. The van der Waals surface area contributed by atoms with Gasteiger partial charge in [0, 0.05) is 16.6 Å². The van der Waals surface area contributed by atoms with E-state index in [0.717, 1.165) is 19.3 Å². The van der Waals surface area contributed by atoms with E-state index in [1.807, 2.05) is 0 Å². The van der Waals surface area contributed by atoms with Crippen LogP contribution in [0, 0.1) is 5.92 Å². The second-order valence-corrected chi connectivity index (χ2v) is 7.48. The van der Waals surface area contributed by atoms with Crippen LogP contribution in [0.15, 0.2) is 17.0 Å². The molecule has 1 aliphatic rings. The van der Waals surface area contributed by atoms with Crippen molar-refractivity contribution in [2.24, 2.45) is 5.92 Å². The minimum Gasteiger partial charge on any atom is -0.392 e. The molecular formula is C13H17Cl2NO3S. The molecule has 1 aliphatic carbocycles. The van der Waals surface area contributed by atoms with Gasteiger partial charge in [-0.3, -0.25) is 0 Å². The van der Waals surface area contributed by atoms with Gasteiger partial charge >= 0.3 is 0 Å². The fraction of sp³-hybridized carbons (Fsp3) is 0.538. The number of hydrogen-bond acceptors (Lipinski definition) is 3. The Bertz CT molecular complexity index is 604. The van der Waals surface area contributed by atoms with Crippen molar-refractivity contribution in [2.45, 2.75) is 43.7 Å². The van der Waals surface area contributed by atoms with Gasteiger partial charge in [0.1, 0.15) is 4.90 Å². The molecule has 0 radical (unpaired) electrons. The Kier molecular flexibility index (Phi) is 4.97. The summed E-state index contributed by atoms with van der Waals surface area (Å²) in [7, 11) is -3.68. The van der Waals surface area contributed by atoms with Crippen LogP contribution in [-0.4, -0.2) is 19.6 Å². The summed E-state index contributed by atoms with van der Waals surface area (Å²) in [6.45, 7) is 1.68. The summed E-state index contributed by atoms with van der Waals surface area (Å²) < 4.78 is 27.3. The van der Waals surface area contributed by atoms with Crippen LogP contribution in [-0.2, 0) is 16.6 Å². The van der Waals surface area contributed by atoms with Crippen LogP contribution >= 0.6 is 23.2 Å². The van der Waals surface area contributed by atoms with E-state index in [2.05, 4.69) is 11.6 Å². The van der Waals surface area contributed by atoms with E-state index in [9.17, 15) is 13.5 Å². The van der Waals surface area contributed by atoms with Gasteiger partial charge < -0.3 is 5.11 Å². The number of aliphatic hydroxyl groups is 1. The number of aliphatic hydroxyl groups excluding tert-OH is 1. The van der Waals surface area contributed by atoms with E-state index < -0.39 is 16.6 Å². The summed E-state index contributed by atoms with van der Waals surface area (Å²) in [6.07, 6.45) is 2.92. The van der Waals surface area contributed by atoms with Crippen molar-refractivity contribution in [3.05, 3.63) is 27.7 Å². The molecule has 0 heterocycles. The first-order chi connectivity index (χ1) is 9.40. The molecule has 2 N–H and O–H groups in total. The second-order valence-electron chi connectivity index (χ2n) is 5.01. The Morgan fingerprint density at radius 2 is 2.10 bits per heavy atom. The Morgan fingerprint density at radius 3 is 2.70 bits per heavy atom. The van der Waals surface area contributed by atoms with E-state index in [4.69, 9.17) is 23.2 Å². The zero-order valence-corrected chi connectivity index (χ0v) is 13.4. The number of hydrogen-bond donors (Lipinski definition) is 2. The molecular weight excluding hydrogens is 321 g/mol. The van der Waals surface area contributed by atoms with Gasteiger partial charge in [0.2, 0.25) is 10.0 Å². The van der Waals surface area contributed by atoms with Gasteiger partial charge in [-0.05, 0) is 30.9 Å². The molecule has 0 amide bonds. The van der Waals surface area contributed by atoms with Crippen LogP contribution in [0.2, 0.25) is 10.0 Å². The molecule has 1 aromatic carbocycles. The lowest BCUT2D eigenvalue weighted by atomic mass is 10.2. The molecule has 112 valence electrons. The van der Waals surface area contributed by atoms with E-state index in [-0.39, 0.29) is 26.5 Å². The maximum absolute atomic E-state index is 12.3. The van der Waals surface area contributed by atoms with Crippen molar-refractivity contribution in [1.82, 2.24) is 4.72 Å². The maximum Gasteiger partial charge on any atom is 0.242 e. The zero-order valence-electron chi connectivity index (χ0n) is 11.1. The topological polar surface area (TPSA) is 66.4 Å². The summed E-state index contributed by atoms with van der Waals surface area (Å²) in [5.74, 6) is 0.415. The van der Waals surface area contributed by atoms with Gasteiger partial charge in [-0.2, -0.15) is 0 Å². The Labute approximate surface area is 129 Å². The van der Waals surface area contributed by atoms with E-state index in [1.165, 1.54) is 12.1 Å². The molecule has 0 saturated heterocycles. The van der Waals surface area contributed by atoms with Gasteiger partial charge in [-0.25, -0.2) is 13.1 Å². The van der Waals surface area contributed by atoms with Gasteiger partial charge in [0.25, 0.3) is 0 Å². The summed E-state index contributed by atoms with van der Waals surface area (Å²) >= 11 is 11.9. The fourth-order valence-electron chi connectivity index (χ4n) is 2.27. The first-order valence-electron chi connectivity index (χ1n) is 6.50. The van der Waals surface area contributed by atoms with Crippen molar-refractivity contribution in [3.8, 4) is 0 Å². The van der Waals surface area contributed by atoms with Crippen LogP contribution in [0.25, 0.3) is 0 Å². The molecule has 1 fully saturated rings. The average Bonchev–Trinajstić information content (AvgIpc) is 3.07. The first kappa shape index (κ1) is 16.0. The number of sulfonamides is 1. The third-order valence-electron chi connectivity index (χ3n) is 3.49. The molecule has 0 spiro atoms. The van der Waals surface area contributed by atoms with Gasteiger partial charge in [0.15, 0.2) is 0 Å². The predicted octanol–water partition coefficient (Wildman–Crippen LogP) is 2.95. The molecule has 2 atom stereocenters. The predicted molar refractivity (Wildman–Crippen MR) is 79.5 cm³/mol. The minimum atomic E-state index is -3.68. The lowest BCUT2D eigenvalue weighted by Gasteiger charge is -2.11. The third-order valence-corrected chi connectivity index (χ3v) is 5.92. The standard InChI is InChI=1S/C13H17Cl2NO3S/c1-2-3-8-6-11(8)16-20(18,19)12-5-4-10(14)9(7-17)13(12)15/h4-5,8,11,16-17H,2-3,6-7H2,1H3. The number of benzene rings is 1. The van der Waals surface area contributed by atoms with Gasteiger partial charge in [-0.15, -0.1) is 0 Å². The quantitative estimate of drug-likeness (QED) is 0.838. The molecule has 2 rings (SSSR count). The highest BCUT2D eigenvalue weighted by molar-refractivity contribution is 7.89. The Morgan fingerprint density at radius 1 is 1.40 bits per heavy atom. The molecule has 0 aromatic heterocycles. The zero-order chi connectivity index (χ0) is 14.9. The monoisotopic (exact) mass is 337 g/mol. The number of rotatable bonds is 6. The lowest BCUT2D eigenvalue weighted by molar-refractivity contribution is 0.281. The molecule has 4 nitrogen and oxygen atoms in total. The highest BCUT2D eigenvalue weighted by Crippen LogP contribution is 2.37. The van der Waals surface area contributed by atoms with Crippen molar-refractivity contribution in [2.75, 3.05) is 0 Å². The van der Waals surface area contributed by atoms with E-state index in [1.54, 1.807) is 0 Å². The maximum atomic E-state index is 12.3. The fourth-order valence-corrected chi connectivity index (χ4v) is 4.49. The summed E-state index contributed by atoms with van der Waals surface area (Å²) in [6, 6.07) is 2.79. The Hall–Kier alpha value is -0.330. The van der Waals surface area contributed by atoms with Crippen molar-refractivity contribution < 1.29 is 13.5 Å². The van der Waals surface area contributed by atoms with Crippen molar-refractivity contribution >= 4 is 33.2 Å². The van der Waals surface area contributed by atoms with Gasteiger partial charge in [-0.1, -0.05) is 36.5 Å². The summed E-state index contributed by atoms with van der Waals surface area (Å²) in [4.78, 5) is -0.0326. The van der Waals surface area contributed by atoms with Crippen LogP contribution in [0.3, 0.4) is 0 Å². The SMILES string of the molecule is CCCC1CC1NS(=O)(=O)c1ccc(Cl)c(CO)c1Cl. The molecule has 2 unspecified atom stereocenters. The molecule has 7 heteroatoms. The van der Waals surface area contributed by atoms with Gasteiger partial charge in [0.05, 0.1) is 11.6 Å². The first-order valence-corrected chi connectivity index (χ1v) is 8.74. The summed E-state index contributed by atoms with van der Waals surface area (Å²) in [5, 5.41) is 9.45. The Balaban J connectivity index is 2.23. The highest BCUT2D eigenvalue weighted by atomic mass is 35.5. The van der Waals surface area contributed by atoms with Crippen LogP contribution in [0.4, 0.5) is 0 Å². The molecule has 0 bridgehead atoms. The lowest BCUT2D eigenvalue weighted by Crippen LogP contribution is -2.27. The highest BCUT2D eigenvalue weighted by Gasteiger charge is 2.39. The second kappa shape index (κ2) is 6.20. The molecule has 1 saturated carbocycles.